The number of fused-ring (bicyclic) bond motifs is 1. The number of methoxy groups -OCH3 is 1. The fraction of sp³-hybridized carbons (Fsp3) is 0.154. The Morgan fingerprint density at radius 1 is 1.17 bits per heavy atom. The highest BCUT2D eigenvalue weighted by atomic mass is 16.5. The maximum atomic E-state index is 5.08. The molecule has 5 heteroatoms. The summed E-state index contributed by atoms with van der Waals surface area (Å²) in [5, 5.41) is 0. The summed E-state index contributed by atoms with van der Waals surface area (Å²) in [5.41, 5.74) is 3.42. The third kappa shape index (κ3) is 1.69. The van der Waals surface area contributed by atoms with Crippen molar-refractivity contribution < 1.29 is 4.74 Å². The standard InChI is InChI=1S/C13H12N4O/c1-8-4-3-7-14-11(8)13-15-9-5-6-10(18-2)16-12(9)17-13/h3-7H,1-2H3,(H,15,16,17). The molecule has 0 aromatic carbocycles. The van der Waals surface area contributed by atoms with E-state index in [1.165, 1.54) is 0 Å². The van der Waals surface area contributed by atoms with Crippen LogP contribution in [0.5, 0.6) is 5.88 Å². The Kier molecular flexibility index (Phi) is 2.44. The van der Waals surface area contributed by atoms with Crippen LogP contribution in [0.1, 0.15) is 5.56 Å². The van der Waals surface area contributed by atoms with Gasteiger partial charge >= 0.3 is 0 Å². The van der Waals surface area contributed by atoms with E-state index in [2.05, 4.69) is 19.9 Å². The van der Waals surface area contributed by atoms with Crippen molar-refractivity contribution in [3.8, 4) is 17.4 Å². The number of hydrogen-bond donors (Lipinski definition) is 1. The number of nitrogens with one attached hydrogen (secondary N) is 1. The number of aryl methyl sites for hydroxylation is 1. The van der Waals surface area contributed by atoms with Crippen molar-refractivity contribution in [2.45, 2.75) is 6.92 Å². The van der Waals surface area contributed by atoms with Crippen LogP contribution in [0.3, 0.4) is 0 Å². The number of rotatable bonds is 2. The van der Waals surface area contributed by atoms with Crippen LogP contribution in [0.2, 0.25) is 0 Å². The van der Waals surface area contributed by atoms with Crippen molar-refractivity contribution in [2.75, 3.05) is 7.11 Å². The van der Waals surface area contributed by atoms with Crippen LogP contribution in [0.25, 0.3) is 22.7 Å². The predicted octanol–water partition coefficient (Wildman–Crippen LogP) is 2.34. The molecule has 5 nitrogen and oxygen atoms in total. The number of hydrogen-bond acceptors (Lipinski definition) is 4. The summed E-state index contributed by atoms with van der Waals surface area (Å²) in [6.45, 7) is 2.00. The van der Waals surface area contributed by atoms with Gasteiger partial charge in [-0.2, -0.15) is 4.98 Å². The first-order valence-corrected chi connectivity index (χ1v) is 5.60. The summed E-state index contributed by atoms with van der Waals surface area (Å²) < 4.78 is 5.08. The van der Waals surface area contributed by atoms with Gasteiger partial charge in [0.2, 0.25) is 5.88 Å². The maximum absolute atomic E-state index is 5.08. The lowest BCUT2D eigenvalue weighted by Gasteiger charge is -1.98. The zero-order valence-electron chi connectivity index (χ0n) is 10.1. The van der Waals surface area contributed by atoms with Crippen LogP contribution in [0.15, 0.2) is 30.5 Å². The van der Waals surface area contributed by atoms with Crippen molar-refractivity contribution >= 4 is 11.2 Å². The van der Waals surface area contributed by atoms with E-state index in [1.54, 1.807) is 19.4 Å². The minimum absolute atomic E-state index is 0.554. The van der Waals surface area contributed by atoms with E-state index >= 15 is 0 Å². The van der Waals surface area contributed by atoms with Crippen molar-refractivity contribution in [3.05, 3.63) is 36.0 Å². The number of aromatic amines is 1. The molecule has 0 amide bonds. The van der Waals surface area contributed by atoms with E-state index in [9.17, 15) is 0 Å². The van der Waals surface area contributed by atoms with Gasteiger partial charge in [0.05, 0.1) is 12.6 Å². The fourth-order valence-electron chi connectivity index (χ4n) is 1.83. The van der Waals surface area contributed by atoms with Gasteiger partial charge in [-0.05, 0) is 24.6 Å². The molecule has 3 heterocycles. The lowest BCUT2D eigenvalue weighted by molar-refractivity contribution is 0.399. The zero-order chi connectivity index (χ0) is 12.5. The van der Waals surface area contributed by atoms with Crippen molar-refractivity contribution in [2.24, 2.45) is 0 Å². The number of aromatic nitrogens is 4. The van der Waals surface area contributed by atoms with Crippen molar-refractivity contribution in [1.29, 1.82) is 0 Å². The predicted molar refractivity (Wildman–Crippen MR) is 68.4 cm³/mol. The van der Waals surface area contributed by atoms with Gasteiger partial charge in [0.15, 0.2) is 11.5 Å². The highest BCUT2D eigenvalue weighted by Gasteiger charge is 2.10. The van der Waals surface area contributed by atoms with Gasteiger partial charge in [-0.25, -0.2) is 4.98 Å². The van der Waals surface area contributed by atoms with E-state index in [1.807, 2.05) is 25.1 Å². The van der Waals surface area contributed by atoms with Crippen LogP contribution in [0, 0.1) is 6.92 Å². The van der Waals surface area contributed by atoms with Crippen molar-refractivity contribution in [1.82, 2.24) is 19.9 Å². The van der Waals surface area contributed by atoms with Gasteiger partial charge in [-0.1, -0.05) is 6.07 Å². The SMILES string of the molecule is COc1ccc2[nH]c(-c3ncccc3C)nc2n1. The highest BCUT2D eigenvalue weighted by molar-refractivity contribution is 5.76. The lowest BCUT2D eigenvalue weighted by atomic mass is 10.2. The minimum Gasteiger partial charge on any atom is -0.481 e. The van der Waals surface area contributed by atoms with E-state index in [-0.39, 0.29) is 0 Å². The minimum atomic E-state index is 0.554. The molecule has 3 rings (SSSR count). The molecule has 3 aromatic heterocycles. The number of pyridine rings is 2. The average molecular weight is 240 g/mol. The van der Waals surface area contributed by atoms with E-state index in [0.717, 1.165) is 22.6 Å². The molecule has 0 saturated heterocycles. The summed E-state index contributed by atoms with van der Waals surface area (Å²) in [6.07, 6.45) is 1.75. The molecular weight excluding hydrogens is 228 g/mol. The molecule has 0 unspecified atom stereocenters. The third-order valence-corrected chi connectivity index (χ3v) is 2.76. The topological polar surface area (TPSA) is 63.7 Å². The Bertz CT molecular complexity index is 705. The molecule has 0 radical (unpaired) electrons. The van der Waals surface area contributed by atoms with Crippen molar-refractivity contribution in [3.63, 3.8) is 0 Å². The Balaban J connectivity index is 2.17. The van der Waals surface area contributed by atoms with Gasteiger partial charge in [-0.3, -0.25) is 4.98 Å². The second-order valence-electron chi connectivity index (χ2n) is 3.98. The second-order valence-corrected chi connectivity index (χ2v) is 3.98. The quantitative estimate of drug-likeness (QED) is 0.746. The molecule has 0 bridgehead atoms. The molecule has 0 aliphatic rings. The van der Waals surface area contributed by atoms with Gasteiger partial charge in [0.1, 0.15) is 5.69 Å². The summed E-state index contributed by atoms with van der Waals surface area (Å²) in [4.78, 5) is 16.3. The molecule has 90 valence electrons. The summed E-state index contributed by atoms with van der Waals surface area (Å²) >= 11 is 0. The summed E-state index contributed by atoms with van der Waals surface area (Å²) in [5.74, 6) is 1.28. The highest BCUT2D eigenvalue weighted by Crippen LogP contribution is 2.21. The van der Waals surface area contributed by atoms with Crippen LogP contribution < -0.4 is 4.74 Å². The normalized spacial score (nSPS) is 10.8. The van der Waals surface area contributed by atoms with Gasteiger partial charge in [-0.15, -0.1) is 0 Å². The first-order valence-electron chi connectivity index (χ1n) is 5.60. The van der Waals surface area contributed by atoms with Gasteiger partial charge in [0.25, 0.3) is 0 Å². The van der Waals surface area contributed by atoms with Crippen LogP contribution >= 0.6 is 0 Å². The molecular formula is C13H12N4O. The molecule has 0 atom stereocenters. The lowest BCUT2D eigenvalue weighted by Crippen LogP contribution is -1.89. The summed E-state index contributed by atoms with van der Waals surface area (Å²) in [6, 6.07) is 7.61. The zero-order valence-corrected chi connectivity index (χ0v) is 10.1. The third-order valence-electron chi connectivity index (χ3n) is 2.76. The second kappa shape index (κ2) is 4.10. The first kappa shape index (κ1) is 10.7. The van der Waals surface area contributed by atoms with Crippen LogP contribution in [0.4, 0.5) is 0 Å². The first-order chi connectivity index (χ1) is 8.78. The Morgan fingerprint density at radius 3 is 2.83 bits per heavy atom. The number of imidazole rings is 1. The molecule has 1 N–H and O–H groups in total. The molecule has 0 spiro atoms. The largest absolute Gasteiger partial charge is 0.481 e. The average Bonchev–Trinajstić information content (AvgIpc) is 2.81. The number of H-pyrrole nitrogens is 1. The number of ether oxygens (including phenoxy) is 1. The maximum Gasteiger partial charge on any atom is 0.215 e. The Morgan fingerprint density at radius 2 is 2.06 bits per heavy atom. The summed E-state index contributed by atoms with van der Waals surface area (Å²) in [7, 11) is 1.59. The fourth-order valence-corrected chi connectivity index (χ4v) is 1.83. The number of nitrogens with zero attached hydrogens (tertiary/aromatic N) is 3. The smallest absolute Gasteiger partial charge is 0.215 e. The van der Waals surface area contributed by atoms with Gasteiger partial charge < -0.3 is 9.72 Å². The van der Waals surface area contributed by atoms with E-state index < -0.39 is 0 Å². The Hall–Kier alpha value is -2.43. The van der Waals surface area contributed by atoms with E-state index in [0.29, 0.717) is 11.5 Å². The van der Waals surface area contributed by atoms with Crippen LogP contribution in [-0.2, 0) is 0 Å². The molecule has 3 aromatic rings. The van der Waals surface area contributed by atoms with Gasteiger partial charge in [0, 0.05) is 12.3 Å². The van der Waals surface area contributed by atoms with E-state index in [4.69, 9.17) is 4.74 Å². The molecule has 0 saturated carbocycles. The van der Waals surface area contributed by atoms with Crippen LogP contribution in [-0.4, -0.2) is 27.0 Å². The molecule has 0 aliphatic carbocycles. The monoisotopic (exact) mass is 240 g/mol. The molecule has 0 aliphatic heterocycles. The Labute approximate surface area is 104 Å². The molecule has 0 fully saturated rings. The molecule has 18 heavy (non-hydrogen) atoms.